The molecule has 6 saturated heterocycles. The van der Waals surface area contributed by atoms with Crippen LogP contribution in [0.5, 0.6) is 0 Å². The van der Waals surface area contributed by atoms with E-state index in [1.165, 1.54) is 0 Å². The van der Waals surface area contributed by atoms with Gasteiger partial charge in [0.1, 0.15) is 0 Å². The molecule has 9 rings (SSSR count). The predicted molar refractivity (Wildman–Crippen MR) is 181 cm³/mol. The monoisotopic (exact) mass is 659 g/mol. The van der Waals surface area contributed by atoms with E-state index in [2.05, 4.69) is 51.1 Å². The van der Waals surface area contributed by atoms with E-state index in [-0.39, 0.29) is 36.6 Å². The molecule has 0 spiro atoms. The molecule has 10 nitrogen and oxygen atoms in total. The van der Waals surface area contributed by atoms with Gasteiger partial charge in [-0.3, -0.25) is 0 Å². The van der Waals surface area contributed by atoms with E-state index in [0.29, 0.717) is 0 Å². The molecule has 248 valence electrons. The van der Waals surface area contributed by atoms with Crippen LogP contribution in [-0.2, 0) is 33.0 Å². The van der Waals surface area contributed by atoms with Crippen LogP contribution >= 0.6 is 7.14 Å². The minimum absolute atomic E-state index is 0.228. The van der Waals surface area contributed by atoms with E-state index in [1.54, 1.807) is 0 Å². The number of epoxide rings is 6. The normalized spacial score (nSPS) is 29.0. The molecule has 0 aliphatic carbocycles. The summed E-state index contributed by atoms with van der Waals surface area (Å²) in [5.74, 6) is 0. The average Bonchev–Trinajstić information content (AvgIpc) is 3.89. The van der Waals surface area contributed by atoms with Gasteiger partial charge in [-0.25, -0.2) is 0 Å². The van der Waals surface area contributed by atoms with Crippen LogP contribution in [0.15, 0.2) is 72.8 Å². The van der Waals surface area contributed by atoms with E-state index < -0.39 is 7.14 Å². The molecule has 3 aromatic carbocycles. The predicted octanol–water partition coefficient (Wildman–Crippen LogP) is 2.14. The Morgan fingerprint density at radius 2 is 0.681 bits per heavy atom. The van der Waals surface area contributed by atoms with Gasteiger partial charge in [0.2, 0.25) is 0 Å². The van der Waals surface area contributed by atoms with Crippen molar-refractivity contribution in [3.05, 3.63) is 72.8 Å². The molecule has 0 amide bonds. The Morgan fingerprint density at radius 3 is 0.894 bits per heavy atom. The summed E-state index contributed by atoms with van der Waals surface area (Å²) in [5.41, 5.74) is 3.12. The minimum Gasteiger partial charge on any atom is -0.371 e. The Kier molecular flexibility index (Phi) is 8.01. The van der Waals surface area contributed by atoms with Crippen LogP contribution in [0.3, 0.4) is 0 Å². The number of ether oxygens (including phenoxy) is 6. The van der Waals surface area contributed by atoms with Crippen molar-refractivity contribution in [3.63, 3.8) is 0 Å². The highest BCUT2D eigenvalue weighted by atomic mass is 31.2. The third kappa shape index (κ3) is 7.39. The fourth-order valence-electron chi connectivity index (χ4n) is 6.48. The molecule has 6 unspecified atom stereocenters. The summed E-state index contributed by atoms with van der Waals surface area (Å²) in [5, 5.41) is 2.44. The first kappa shape index (κ1) is 30.1. The summed E-state index contributed by atoms with van der Waals surface area (Å²) in [6, 6.07) is 25.0. The van der Waals surface area contributed by atoms with Crippen LogP contribution in [0.4, 0.5) is 17.1 Å². The lowest BCUT2D eigenvalue weighted by atomic mass is 10.2. The highest BCUT2D eigenvalue weighted by Gasteiger charge is 2.37. The molecule has 47 heavy (non-hydrogen) atoms. The minimum atomic E-state index is -3.36. The van der Waals surface area contributed by atoms with Crippen molar-refractivity contribution in [2.75, 3.05) is 93.6 Å². The molecular weight excluding hydrogens is 617 g/mol. The number of hydrogen-bond donors (Lipinski definition) is 0. The lowest BCUT2D eigenvalue weighted by Crippen LogP contribution is -2.34. The Hall–Kier alpha value is -2.95. The number of rotatable bonds is 18. The smallest absolute Gasteiger partial charge is 0.171 e. The summed E-state index contributed by atoms with van der Waals surface area (Å²) in [7, 11) is -3.36. The summed E-state index contributed by atoms with van der Waals surface area (Å²) < 4.78 is 49.8. The van der Waals surface area contributed by atoms with Crippen molar-refractivity contribution in [2.45, 2.75) is 36.6 Å². The molecule has 0 saturated carbocycles. The summed E-state index contributed by atoms with van der Waals surface area (Å²) in [4.78, 5) is 6.99. The van der Waals surface area contributed by atoms with Crippen molar-refractivity contribution in [1.82, 2.24) is 0 Å². The number of anilines is 3. The van der Waals surface area contributed by atoms with Gasteiger partial charge in [-0.2, -0.15) is 0 Å². The molecular formula is C36H42N3O7P. The molecule has 0 aromatic heterocycles. The largest absolute Gasteiger partial charge is 0.371 e. The molecule has 6 aliphatic heterocycles. The van der Waals surface area contributed by atoms with Crippen LogP contribution in [0.2, 0.25) is 0 Å². The van der Waals surface area contributed by atoms with Gasteiger partial charge >= 0.3 is 0 Å². The fraction of sp³-hybridized carbons (Fsp3) is 0.500. The standard InChI is InChI=1S/C36H42N3O7P/c40-47(34-7-1-4-25(10-34)37(13-28-19-41-28)14-29-20-42-29,35-8-2-5-26(11-35)38(15-30-21-43-30)16-31-22-44-31)36-9-3-6-27(12-36)39(17-32-23-45-32)18-33-24-46-33/h1-12,28-33H,13-24H2. The van der Waals surface area contributed by atoms with Crippen LogP contribution in [0.1, 0.15) is 0 Å². The Labute approximate surface area is 275 Å². The van der Waals surface area contributed by atoms with Gasteiger partial charge < -0.3 is 47.7 Å². The quantitative estimate of drug-likeness (QED) is 0.149. The molecule has 6 fully saturated rings. The van der Waals surface area contributed by atoms with Crippen molar-refractivity contribution >= 4 is 40.1 Å². The van der Waals surface area contributed by atoms with E-state index >= 15 is 4.57 Å². The zero-order chi connectivity index (χ0) is 31.4. The van der Waals surface area contributed by atoms with Gasteiger partial charge in [-0.05, 0) is 36.4 Å². The Balaban J connectivity index is 1.12. The summed E-state index contributed by atoms with van der Waals surface area (Å²) in [6.45, 7) is 9.44. The van der Waals surface area contributed by atoms with Gasteiger partial charge in [-0.15, -0.1) is 0 Å². The topological polar surface area (TPSA) is 102 Å². The average molecular weight is 660 g/mol. The zero-order valence-electron chi connectivity index (χ0n) is 26.5. The molecule has 0 bridgehead atoms. The van der Waals surface area contributed by atoms with Crippen LogP contribution in [0.25, 0.3) is 0 Å². The highest BCUT2D eigenvalue weighted by Crippen LogP contribution is 2.45. The molecule has 6 aliphatic rings. The second-order valence-electron chi connectivity index (χ2n) is 13.6. The second kappa shape index (κ2) is 12.5. The summed E-state index contributed by atoms with van der Waals surface area (Å²) >= 11 is 0. The molecule has 0 radical (unpaired) electrons. The van der Waals surface area contributed by atoms with E-state index in [9.17, 15) is 0 Å². The van der Waals surface area contributed by atoms with Gasteiger partial charge in [-0.1, -0.05) is 36.4 Å². The summed E-state index contributed by atoms with van der Waals surface area (Å²) in [6.07, 6.45) is 1.37. The number of benzene rings is 3. The van der Waals surface area contributed by atoms with Crippen molar-refractivity contribution in [2.24, 2.45) is 0 Å². The van der Waals surface area contributed by atoms with Crippen molar-refractivity contribution < 1.29 is 33.0 Å². The van der Waals surface area contributed by atoms with Crippen LogP contribution in [-0.4, -0.2) is 116 Å². The maximum atomic E-state index is 16.1. The molecule has 0 N–H and O–H groups in total. The first-order chi connectivity index (χ1) is 23.1. The van der Waals surface area contributed by atoms with Crippen molar-refractivity contribution in [1.29, 1.82) is 0 Å². The maximum absolute atomic E-state index is 16.1. The molecule has 11 heteroatoms. The molecule has 6 heterocycles. The van der Waals surface area contributed by atoms with Crippen molar-refractivity contribution in [3.8, 4) is 0 Å². The highest BCUT2D eigenvalue weighted by molar-refractivity contribution is 7.85. The molecule has 6 atom stereocenters. The number of nitrogens with zero attached hydrogens (tertiary/aromatic N) is 3. The fourth-order valence-corrected chi connectivity index (χ4v) is 9.20. The van der Waals surface area contributed by atoms with Gasteiger partial charge in [0.05, 0.1) is 76.3 Å². The van der Waals surface area contributed by atoms with Gasteiger partial charge in [0, 0.05) is 72.2 Å². The first-order valence-electron chi connectivity index (χ1n) is 16.9. The maximum Gasteiger partial charge on any atom is 0.171 e. The van der Waals surface area contributed by atoms with Gasteiger partial charge in [0.25, 0.3) is 0 Å². The lowest BCUT2D eigenvalue weighted by molar-refractivity contribution is 0.388. The van der Waals surface area contributed by atoms with E-state index in [1.807, 2.05) is 36.4 Å². The molecule has 3 aromatic rings. The number of hydrogen-bond acceptors (Lipinski definition) is 10. The lowest BCUT2D eigenvalue weighted by Gasteiger charge is -2.29. The van der Waals surface area contributed by atoms with Crippen LogP contribution in [0, 0.1) is 0 Å². The third-order valence-corrected chi connectivity index (χ3v) is 12.6. The Morgan fingerprint density at radius 1 is 0.447 bits per heavy atom. The van der Waals surface area contributed by atoms with E-state index in [0.717, 1.165) is 112 Å². The van der Waals surface area contributed by atoms with Crippen LogP contribution < -0.4 is 30.6 Å². The SMILES string of the molecule is O=P(c1cccc(N(CC2CO2)CC2CO2)c1)(c1cccc(N(CC2CO2)CC2CO2)c1)c1cccc(N(CC2CO2)CC2CO2)c1. The zero-order valence-corrected chi connectivity index (χ0v) is 27.4. The van der Waals surface area contributed by atoms with E-state index in [4.69, 9.17) is 28.4 Å². The Bertz CT molecular complexity index is 1400. The first-order valence-corrected chi connectivity index (χ1v) is 18.6. The second-order valence-corrected chi connectivity index (χ2v) is 16.4. The van der Waals surface area contributed by atoms with Gasteiger partial charge in [0.15, 0.2) is 7.14 Å². The third-order valence-electron chi connectivity index (χ3n) is 9.63.